The van der Waals surface area contributed by atoms with Gasteiger partial charge in [-0.05, 0) is 128 Å². The molecule has 4 rings (SSSR count). The van der Waals surface area contributed by atoms with Gasteiger partial charge in [0.15, 0.2) is 5.96 Å². The second-order valence-electron chi connectivity index (χ2n) is 21.5. The number of nitrogens with two attached hydrogens (primary N) is 4. The molecule has 0 spiro atoms. The molecule has 3 amide bonds. The van der Waals surface area contributed by atoms with Crippen LogP contribution in [0.4, 0.5) is 42.5 Å². The maximum Gasteiger partial charge on any atom is 0.416 e. The van der Waals surface area contributed by atoms with E-state index >= 15 is 0 Å². The topological polar surface area (TPSA) is 252 Å². The van der Waals surface area contributed by atoms with Gasteiger partial charge >= 0.3 is 18.4 Å². The SMILES string of the molecule is CC(C)(C)C(=O)Nc1ccc(C(F)(F)F)cc1OCCCN.CC(C)(C)NC(=O)Nc1ccc(C(F)(F)F)cc1OCCCN.CC(C)(C)c1nc(=O)c(-c2ccc(CNCCCN=C(N)N)cc2)cn1C(C)(C)C. The van der Waals surface area contributed by atoms with E-state index in [0.717, 1.165) is 60.7 Å². The maximum atomic E-state index is 12.8. The third-order valence-corrected chi connectivity index (χ3v) is 10.2. The van der Waals surface area contributed by atoms with Crippen molar-refractivity contribution in [1.29, 1.82) is 0 Å². The van der Waals surface area contributed by atoms with Crippen LogP contribution in [-0.2, 0) is 34.6 Å². The van der Waals surface area contributed by atoms with Crippen LogP contribution >= 0.6 is 0 Å². The number of carbonyl (C=O) groups excluding carboxylic acids is 2. The van der Waals surface area contributed by atoms with Crippen LogP contribution < -0.4 is 59.2 Å². The highest BCUT2D eigenvalue weighted by atomic mass is 19.4. The summed E-state index contributed by atoms with van der Waals surface area (Å²) in [6.07, 6.45) is -5.15. The third-order valence-electron chi connectivity index (χ3n) is 10.2. The molecule has 0 atom stereocenters. The monoisotopic (exact) mass is 1060 g/mol. The van der Waals surface area contributed by atoms with Gasteiger partial charge in [-0.1, -0.05) is 65.8 Å². The van der Waals surface area contributed by atoms with E-state index in [2.05, 4.69) is 77.4 Å². The molecular weight excluding hydrogens is 985 g/mol. The van der Waals surface area contributed by atoms with Crippen molar-refractivity contribution in [2.45, 2.75) is 138 Å². The number of amides is 3. The van der Waals surface area contributed by atoms with Crippen LogP contribution in [0.2, 0.25) is 0 Å². The minimum atomic E-state index is -4.49. The van der Waals surface area contributed by atoms with Crippen molar-refractivity contribution in [2.75, 3.05) is 50.0 Å². The number of nitrogens with one attached hydrogen (secondary N) is 4. The number of guanidine groups is 1. The Morgan fingerprint density at radius 1 is 0.693 bits per heavy atom. The van der Waals surface area contributed by atoms with E-state index in [4.69, 9.17) is 32.4 Å². The van der Waals surface area contributed by atoms with Gasteiger partial charge in [-0.3, -0.25) is 14.6 Å². The normalized spacial score (nSPS) is 12.1. The number of aliphatic imine (C=N–C) groups is 1. The molecule has 0 aliphatic heterocycles. The Balaban J connectivity index is 0.000000392. The van der Waals surface area contributed by atoms with Crippen molar-refractivity contribution in [3.8, 4) is 22.6 Å². The number of carbonyl (C=O) groups is 2. The molecule has 1 aromatic heterocycles. The van der Waals surface area contributed by atoms with Gasteiger partial charge in [0.1, 0.15) is 17.3 Å². The van der Waals surface area contributed by atoms with Gasteiger partial charge in [0, 0.05) is 41.2 Å². The fourth-order valence-electron chi connectivity index (χ4n) is 6.32. The molecule has 0 saturated heterocycles. The number of urea groups is 1. The van der Waals surface area contributed by atoms with Gasteiger partial charge in [0.2, 0.25) is 5.91 Å². The summed E-state index contributed by atoms with van der Waals surface area (Å²) in [7, 11) is 0. The zero-order chi connectivity index (χ0) is 57.2. The van der Waals surface area contributed by atoms with E-state index in [9.17, 15) is 40.7 Å². The molecule has 0 unspecified atom stereocenters. The molecule has 0 saturated carbocycles. The van der Waals surface area contributed by atoms with E-state index in [1.807, 2.05) is 30.5 Å². The van der Waals surface area contributed by atoms with Crippen LogP contribution in [0.15, 0.2) is 76.6 Å². The Hall–Kier alpha value is -6.39. The highest BCUT2D eigenvalue weighted by Crippen LogP contribution is 2.37. The van der Waals surface area contributed by atoms with Gasteiger partial charge in [-0.25, -0.2) is 4.79 Å². The van der Waals surface area contributed by atoms with E-state index < -0.39 is 40.5 Å². The van der Waals surface area contributed by atoms with Crippen molar-refractivity contribution in [1.82, 2.24) is 20.2 Å². The predicted octanol–water partition coefficient (Wildman–Crippen LogP) is 9.49. The van der Waals surface area contributed by atoms with E-state index in [-0.39, 0.29) is 64.5 Å². The molecule has 3 aromatic carbocycles. The largest absolute Gasteiger partial charge is 0.491 e. The zero-order valence-corrected chi connectivity index (χ0v) is 45.4. The van der Waals surface area contributed by atoms with Gasteiger partial charge < -0.3 is 58.2 Å². The molecule has 0 aliphatic rings. The first-order valence-corrected chi connectivity index (χ1v) is 24.5. The Morgan fingerprint density at radius 2 is 1.19 bits per heavy atom. The number of ether oxygens (including phenoxy) is 2. The summed E-state index contributed by atoms with van der Waals surface area (Å²) in [5.74, 6) is 0.556. The van der Waals surface area contributed by atoms with Crippen molar-refractivity contribution in [2.24, 2.45) is 33.3 Å². The lowest BCUT2D eigenvalue weighted by Crippen LogP contribution is -2.43. The number of hydrogen-bond acceptors (Lipinski definition) is 10. The number of hydrogen-bond donors (Lipinski definition) is 8. The van der Waals surface area contributed by atoms with Crippen molar-refractivity contribution in [3.05, 3.63) is 99.7 Å². The summed E-state index contributed by atoms with van der Waals surface area (Å²) in [4.78, 5) is 45.1. The average molecular weight is 1060 g/mol. The first-order chi connectivity index (χ1) is 34.5. The van der Waals surface area contributed by atoms with E-state index in [0.29, 0.717) is 38.0 Å². The van der Waals surface area contributed by atoms with Crippen LogP contribution in [0.1, 0.15) is 125 Å². The molecule has 75 heavy (non-hydrogen) atoms. The molecule has 0 bridgehead atoms. The summed E-state index contributed by atoms with van der Waals surface area (Å²) >= 11 is 0. The number of rotatable bonds is 17. The minimum absolute atomic E-state index is 0.0131. The Kier molecular flexibility index (Phi) is 24.1. The molecule has 1 heterocycles. The quantitative estimate of drug-likeness (QED) is 0.0214. The van der Waals surface area contributed by atoms with Crippen molar-refractivity contribution in [3.63, 3.8) is 0 Å². The second kappa shape index (κ2) is 27.9. The predicted molar refractivity (Wildman–Crippen MR) is 286 cm³/mol. The third kappa shape index (κ3) is 23.4. The molecule has 0 aliphatic carbocycles. The number of halogens is 6. The Morgan fingerprint density at radius 3 is 1.60 bits per heavy atom. The number of nitrogens with zero attached hydrogens (tertiary/aromatic N) is 3. The van der Waals surface area contributed by atoms with Crippen LogP contribution in [0, 0.1) is 5.41 Å². The fraction of sp³-hybridized carbons (Fsp3) is 0.528. The summed E-state index contributed by atoms with van der Waals surface area (Å²) in [6.45, 7) is 26.4. The lowest BCUT2D eigenvalue weighted by molar-refractivity contribution is -0.138. The van der Waals surface area contributed by atoms with Gasteiger partial charge in [0.05, 0.1) is 41.3 Å². The summed E-state index contributed by atoms with van der Waals surface area (Å²) < 4.78 is 89.5. The Labute approximate surface area is 437 Å². The first kappa shape index (κ1) is 64.7. The maximum absolute atomic E-state index is 12.8. The van der Waals surface area contributed by atoms with Gasteiger partial charge in [-0.2, -0.15) is 31.3 Å². The van der Waals surface area contributed by atoms with E-state index in [1.54, 1.807) is 41.5 Å². The number of alkyl halides is 6. The molecule has 16 nitrogen and oxygen atoms in total. The summed E-state index contributed by atoms with van der Waals surface area (Å²) in [5, 5.41) is 11.1. The zero-order valence-electron chi connectivity index (χ0n) is 45.4. The number of aromatic nitrogens is 2. The molecule has 0 fully saturated rings. The molecule has 0 radical (unpaired) electrons. The lowest BCUT2D eigenvalue weighted by atomic mass is 9.93. The van der Waals surface area contributed by atoms with Crippen LogP contribution in [0.5, 0.6) is 11.5 Å². The Bertz CT molecular complexity index is 2530. The lowest BCUT2D eigenvalue weighted by Gasteiger charge is -2.32. The first-order valence-electron chi connectivity index (χ1n) is 24.5. The standard InChI is InChI=1S/C23H36N6O.C15H22F3N3O2.C15H21F3N2O2/c1-22(2,3)20-28-19(30)18(15-29(20)23(4,5)6)17-10-8-16(9-11-17)14-26-12-7-13-27-21(24)25;1-14(2,3)21-13(22)20-11-6-5-10(15(16,17)18)9-12(11)23-8-4-7-19;1-14(2,3)13(21)20-11-6-5-10(15(16,17)18)9-12(11)22-8-4-7-19/h8-11,15,26H,7,12-14H2,1-6H3,(H4,24,25,27);5-6,9H,4,7-8,19H2,1-3H3,(H2,20,21,22);5-6,9H,4,7-8,19H2,1-3H3,(H,20,21). The highest BCUT2D eigenvalue weighted by molar-refractivity contribution is 5.96. The van der Waals surface area contributed by atoms with Crippen LogP contribution in [0.25, 0.3) is 11.1 Å². The number of benzene rings is 3. The minimum Gasteiger partial charge on any atom is -0.491 e. The van der Waals surface area contributed by atoms with E-state index in [1.165, 1.54) is 12.1 Å². The van der Waals surface area contributed by atoms with Crippen LogP contribution in [0.3, 0.4) is 0 Å². The fourth-order valence-corrected chi connectivity index (χ4v) is 6.32. The second-order valence-corrected chi connectivity index (χ2v) is 21.5. The summed E-state index contributed by atoms with van der Waals surface area (Å²) in [5.41, 5.74) is 20.9. The molecule has 22 heteroatoms. The van der Waals surface area contributed by atoms with Gasteiger partial charge in [0.25, 0.3) is 5.56 Å². The molecule has 4 aromatic rings. The average Bonchev–Trinajstić information content (AvgIpc) is 3.27. The number of anilines is 2. The molecule has 418 valence electrons. The smallest absolute Gasteiger partial charge is 0.416 e. The van der Waals surface area contributed by atoms with Crippen molar-refractivity contribution >= 4 is 29.3 Å². The van der Waals surface area contributed by atoms with Crippen molar-refractivity contribution < 1.29 is 45.4 Å². The van der Waals surface area contributed by atoms with Crippen LogP contribution in [-0.4, -0.2) is 72.4 Å². The highest BCUT2D eigenvalue weighted by Gasteiger charge is 2.33. The van der Waals surface area contributed by atoms with Gasteiger partial charge in [-0.15, -0.1) is 0 Å². The molecule has 12 N–H and O–H groups in total. The molecular formula is C53H79F6N11O5. The summed E-state index contributed by atoms with van der Waals surface area (Å²) in [6, 6.07) is 13.4.